The second kappa shape index (κ2) is 9.06. The van der Waals surface area contributed by atoms with Crippen molar-refractivity contribution in [2.45, 2.75) is 25.4 Å². The number of nitriles is 1. The van der Waals surface area contributed by atoms with Gasteiger partial charge in [0, 0.05) is 24.8 Å². The Kier molecular flexibility index (Phi) is 5.82. The topological polar surface area (TPSA) is 100.0 Å². The van der Waals surface area contributed by atoms with Crippen molar-refractivity contribution in [3.05, 3.63) is 82.1 Å². The lowest BCUT2D eigenvalue weighted by atomic mass is 10.1. The summed E-state index contributed by atoms with van der Waals surface area (Å²) in [6.45, 7) is 1.73. The molecule has 3 N–H and O–H groups in total. The lowest BCUT2D eigenvalue weighted by Gasteiger charge is -2.33. The van der Waals surface area contributed by atoms with Gasteiger partial charge < -0.3 is 16.0 Å². The van der Waals surface area contributed by atoms with Gasteiger partial charge in [0.15, 0.2) is 0 Å². The average molecular weight is 457 g/mol. The highest BCUT2D eigenvalue weighted by Gasteiger charge is 2.24. The maximum atomic E-state index is 13.7. The van der Waals surface area contributed by atoms with E-state index >= 15 is 0 Å². The summed E-state index contributed by atoms with van der Waals surface area (Å²) in [5.41, 5.74) is 9.12. The molecule has 2 aromatic heterocycles. The number of para-hydroxylation sites is 1. The fraction of sp³-hybridized carbons (Fsp3) is 0.240. The second-order valence-electron chi connectivity index (χ2n) is 8.24. The molecule has 1 aliphatic rings. The van der Waals surface area contributed by atoms with Gasteiger partial charge in [-0.1, -0.05) is 36.4 Å². The Labute approximate surface area is 195 Å². The van der Waals surface area contributed by atoms with Crippen LogP contribution in [0.25, 0.3) is 10.2 Å². The van der Waals surface area contributed by atoms with Crippen LogP contribution in [0.4, 0.5) is 16.6 Å². The fourth-order valence-corrected chi connectivity index (χ4v) is 5.20. The highest BCUT2D eigenvalue weighted by atomic mass is 32.1. The Bertz CT molecular complexity index is 1390. The van der Waals surface area contributed by atoms with Gasteiger partial charge in [-0.3, -0.25) is 9.36 Å². The van der Waals surface area contributed by atoms with Crippen molar-refractivity contribution in [1.82, 2.24) is 9.55 Å². The summed E-state index contributed by atoms with van der Waals surface area (Å²) in [7, 11) is 0. The summed E-state index contributed by atoms with van der Waals surface area (Å²) in [4.78, 5) is 20.7. The number of anilines is 3. The van der Waals surface area contributed by atoms with Crippen LogP contribution in [0.5, 0.6) is 0 Å². The smallest absolute Gasteiger partial charge is 0.273 e. The average Bonchev–Trinajstić information content (AvgIpc) is 3.24. The number of nitrogens with zero attached hydrogens (tertiary/aromatic N) is 4. The van der Waals surface area contributed by atoms with Gasteiger partial charge in [0.1, 0.15) is 4.70 Å². The van der Waals surface area contributed by atoms with Crippen LogP contribution in [0.3, 0.4) is 0 Å². The Morgan fingerprint density at radius 2 is 1.97 bits per heavy atom. The normalized spacial score (nSPS) is 16.0. The summed E-state index contributed by atoms with van der Waals surface area (Å²) < 4.78 is 2.28. The summed E-state index contributed by atoms with van der Waals surface area (Å²) in [6.07, 6.45) is 1.91. The first-order valence-corrected chi connectivity index (χ1v) is 11.8. The molecule has 1 aliphatic heterocycles. The number of rotatable bonds is 5. The van der Waals surface area contributed by atoms with E-state index in [1.165, 1.54) is 11.3 Å². The molecule has 3 heterocycles. The molecule has 0 bridgehead atoms. The zero-order valence-electron chi connectivity index (χ0n) is 18.1. The third kappa shape index (κ3) is 4.33. The van der Waals surface area contributed by atoms with E-state index in [0.717, 1.165) is 35.6 Å². The minimum Gasteiger partial charge on any atom is -0.347 e. The molecule has 33 heavy (non-hydrogen) atoms. The van der Waals surface area contributed by atoms with Crippen molar-refractivity contribution in [2.24, 2.45) is 5.73 Å². The van der Waals surface area contributed by atoms with E-state index in [0.29, 0.717) is 28.3 Å². The van der Waals surface area contributed by atoms with Gasteiger partial charge in [0.25, 0.3) is 5.56 Å². The number of benzene rings is 2. The maximum Gasteiger partial charge on any atom is 0.273 e. The molecule has 5 rings (SSSR count). The van der Waals surface area contributed by atoms with Gasteiger partial charge in [-0.15, -0.1) is 11.3 Å². The molecule has 0 spiro atoms. The predicted molar refractivity (Wildman–Crippen MR) is 133 cm³/mol. The maximum absolute atomic E-state index is 13.7. The summed E-state index contributed by atoms with van der Waals surface area (Å²) in [5, 5.41) is 13.8. The molecule has 0 saturated carbocycles. The van der Waals surface area contributed by atoms with Crippen molar-refractivity contribution in [3.8, 4) is 6.07 Å². The fourth-order valence-electron chi connectivity index (χ4n) is 4.24. The Hall–Kier alpha value is -3.67. The summed E-state index contributed by atoms with van der Waals surface area (Å²) >= 11 is 1.39. The van der Waals surface area contributed by atoms with Crippen LogP contribution in [-0.4, -0.2) is 28.7 Å². The first-order valence-electron chi connectivity index (χ1n) is 11.0. The molecule has 0 aliphatic carbocycles. The van der Waals surface area contributed by atoms with Gasteiger partial charge in [-0.05, 0) is 42.7 Å². The van der Waals surface area contributed by atoms with Gasteiger partial charge in [-0.25, -0.2) is 4.98 Å². The van der Waals surface area contributed by atoms with Crippen LogP contribution in [0.15, 0.2) is 65.5 Å². The van der Waals surface area contributed by atoms with E-state index in [4.69, 9.17) is 10.7 Å². The molecule has 7 nitrogen and oxygen atoms in total. The molecule has 4 aromatic rings. The highest BCUT2D eigenvalue weighted by Crippen LogP contribution is 2.31. The van der Waals surface area contributed by atoms with Crippen LogP contribution in [0, 0.1) is 11.3 Å². The first-order chi connectivity index (χ1) is 16.1. The molecule has 8 heteroatoms. The van der Waals surface area contributed by atoms with Crippen molar-refractivity contribution in [1.29, 1.82) is 5.26 Å². The van der Waals surface area contributed by atoms with Gasteiger partial charge in [0.05, 0.1) is 28.7 Å². The zero-order chi connectivity index (χ0) is 22.8. The second-order valence-corrected chi connectivity index (χ2v) is 9.29. The van der Waals surface area contributed by atoms with Crippen molar-refractivity contribution >= 4 is 38.2 Å². The number of piperidine rings is 1. The van der Waals surface area contributed by atoms with Gasteiger partial charge in [-0.2, -0.15) is 5.26 Å². The molecule has 2 aromatic carbocycles. The summed E-state index contributed by atoms with van der Waals surface area (Å²) in [6, 6.07) is 21.4. The lowest BCUT2D eigenvalue weighted by Crippen LogP contribution is -2.45. The minimum absolute atomic E-state index is 0.0453. The monoisotopic (exact) mass is 456 g/mol. The van der Waals surface area contributed by atoms with E-state index in [1.807, 2.05) is 54.6 Å². The molecule has 1 atom stereocenters. The van der Waals surface area contributed by atoms with Crippen molar-refractivity contribution in [3.63, 3.8) is 0 Å². The predicted octanol–water partition coefficient (Wildman–Crippen LogP) is 4.05. The zero-order valence-corrected chi connectivity index (χ0v) is 18.9. The third-order valence-corrected chi connectivity index (χ3v) is 6.89. The number of aromatic nitrogens is 2. The van der Waals surface area contributed by atoms with E-state index in [9.17, 15) is 10.1 Å². The van der Waals surface area contributed by atoms with E-state index in [1.54, 1.807) is 10.6 Å². The lowest BCUT2D eigenvalue weighted by molar-refractivity contribution is 0.492. The van der Waals surface area contributed by atoms with Gasteiger partial charge in [0.2, 0.25) is 5.95 Å². The Balaban J connectivity index is 1.62. The number of hydrogen-bond donors (Lipinski definition) is 2. The van der Waals surface area contributed by atoms with E-state index < -0.39 is 0 Å². The molecular formula is C25H24N6OS. The molecule has 0 amide bonds. The number of nitrogens with two attached hydrogens (primary N) is 1. The minimum atomic E-state index is -0.104. The van der Waals surface area contributed by atoms with E-state index in [-0.39, 0.29) is 18.1 Å². The third-order valence-electron chi connectivity index (χ3n) is 5.86. The van der Waals surface area contributed by atoms with Crippen LogP contribution in [0.1, 0.15) is 24.0 Å². The standard InChI is InChI=1S/C25H24N6OS/c26-14-17-7-4-5-8-18(17)15-31-24(32)23-21(29-25(31)30-12-6-9-19(27)16-30)13-22(33-23)28-20-10-2-1-3-11-20/h1-5,7-8,10-11,13,19,28H,6,9,12,15-16,27H2. The quantitative estimate of drug-likeness (QED) is 0.470. The number of fused-ring (bicyclic) bond motifs is 1. The summed E-state index contributed by atoms with van der Waals surface area (Å²) in [5.74, 6) is 0.611. The molecule has 1 unspecified atom stereocenters. The molecule has 166 valence electrons. The Morgan fingerprint density at radius 1 is 1.18 bits per heavy atom. The van der Waals surface area contributed by atoms with Crippen molar-refractivity contribution in [2.75, 3.05) is 23.3 Å². The number of thiophene rings is 1. The van der Waals surface area contributed by atoms with Crippen LogP contribution >= 0.6 is 11.3 Å². The Morgan fingerprint density at radius 3 is 2.76 bits per heavy atom. The molecule has 1 fully saturated rings. The van der Waals surface area contributed by atoms with Gasteiger partial charge >= 0.3 is 0 Å². The number of hydrogen-bond acceptors (Lipinski definition) is 7. The molecular weight excluding hydrogens is 432 g/mol. The molecule has 0 radical (unpaired) electrons. The van der Waals surface area contributed by atoms with Crippen LogP contribution in [0.2, 0.25) is 0 Å². The highest BCUT2D eigenvalue weighted by molar-refractivity contribution is 7.22. The van der Waals surface area contributed by atoms with Crippen LogP contribution < -0.4 is 21.5 Å². The SMILES string of the molecule is N#Cc1ccccc1Cn1c(N2CCCC(N)C2)nc2cc(Nc3ccccc3)sc2c1=O. The largest absolute Gasteiger partial charge is 0.347 e. The molecule has 1 saturated heterocycles. The number of nitrogens with one attached hydrogen (secondary N) is 1. The first kappa shape index (κ1) is 21.2. The van der Waals surface area contributed by atoms with Crippen molar-refractivity contribution < 1.29 is 0 Å². The van der Waals surface area contributed by atoms with E-state index in [2.05, 4.69) is 16.3 Å². The van der Waals surface area contributed by atoms with Crippen LogP contribution in [-0.2, 0) is 6.54 Å².